The molecule has 0 spiro atoms. The Morgan fingerprint density at radius 3 is 2.70 bits per heavy atom. The molecule has 0 aromatic carbocycles. The Bertz CT molecular complexity index is 1130. The van der Waals surface area contributed by atoms with E-state index in [0.717, 1.165) is 24.0 Å². The van der Waals surface area contributed by atoms with E-state index in [-0.39, 0.29) is 36.5 Å². The second kappa shape index (κ2) is 10.0. The molecule has 3 aromatic heterocycles. The number of ether oxygens (including phenoxy) is 3. The lowest BCUT2D eigenvalue weighted by molar-refractivity contribution is 0.0493. The van der Waals surface area contributed by atoms with Crippen LogP contribution in [0.15, 0.2) is 29.1 Å². The Hall–Kier alpha value is -3.40. The first-order valence-electron chi connectivity index (χ1n) is 11.2. The number of carbonyl (C=O) groups excluding carboxylic acids is 2. The van der Waals surface area contributed by atoms with E-state index in [1.165, 1.54) is 4.90 Å². The van der Waals surface area contributed by atoms with E-state index in [4.69, 9.17) is 18.6 Å². The standard InChI is InChI=1S/C23H28N4O6/c1-4-30-22(28)20-19(27(23(29)31-5-2)9-8-17-7-6-10-32-17)18-11-15(12-24-21(18)33-20)16-13-25-26(3)14-16/h11-14,17H,4-10H2,1-3H3/t17-/m1/s1. The van der Waals surface area contributed by atoms with Crippen LogP contribution in [0.4, 0.5) is 10.5 Å². The van der Waals surface area contributed by atoms with Gasteiger partial charge in [-0.25, -0.2) is 14.6 Å². The van der Waals surface area contributed by atoms with Crippen molar-refractivity contribution in [3.8, 4) is 11.1 Å². The first-order chi connectivity index (χ1) is 16.0. The van der Waals surface area contributed by atoms with Gasteiger partial charge in [-0.2, -0.15) is 5.10 Å². The van der Waals surface area contributed by atoms with Gasteiger partial charge in [-0.1, -0.05) is 0 Å². The zero-order chi connectivity index (χ0) is 23.4. The van der Waals surface area contributed by atoms with Crippen molar-refractivity contribution in [2.24, 2.45) is 7.05 Å². The topological polar surface area (TPSA) is 109 Å². The van der Waals surface area contributed by atoms with Gasteiger partial charge in [0.1, 0.15) is 5.69 Å². The Morgan fingerprint density at radius 2 is 2.03 bits per heavy atom. The van der Waals surface area contributed by atoms with Gasteiger partial charge in [-0.3, -0.25) is 9.58 Å². The van der Waals surface area contributed by atoms with Gasteiger partial charge in [0, 0.05) is 43.7 Å². The highest BCUT2D eigenvalue weighted by molar-refractivity contribution is 6.09. The molecule has 1 amide bonds. The third kappa shape index (κ3) is 4.85. The Balaban J connectivity index is 1.81. The fourth-order valence-electron chi connectivity index (χ4n) is 3.94. The van der Waals surface area contributed by atoms with Crippen molar-refractivity contribution in [3.05, 3.63) is 30.4 Å². The second-order valence-electron chi connectivity index (χ2n) is 7.75. The number of amides is 1. The smallest absolute Gasteiger partial charge is 0.414 e. The summed E-state index contributed by atoms with van der Waals surface area (Å²) in [4.78, 5) is 31.6. The Kier molecular flexibility index (Phi) is 6.93. The summed E-state index contributed by atoms with van der Waals surface area (Å²) in [6, 6.07) is 1.83. The number of anilines is 1. The van der Waals surface area contributed by atoms with Crippen LogP contribution < -0.4 is 4.90 Å². The van der Waals surface area contributed by atoms with Gasteiger partial charge in [-0.05, 0) is 39.2 Å². The summed E-state index contributed by atoms with van der Waals surface area (Å²) in [7, 11) is 1.82. The van der Waals surface area contributed by atoms with Crippen molar-refractivity contribution in [2.75, 3.05) is 31.3 Å². The summed E-state index contributed by atoms with van der Waals surface area (Å²) in [6.45, 7) is 4.81. The van der Waals surface area contributed by atoms with E-state index in [9.17, 15) is 9.59 Å². The molecule has 4 rings (SSSR count). The monoisotopic (exact) mass is 456 g/mol. The molecule has 10 nitrogen and oxygen atoms in total. The molecule has 0 saturated carbocycles. The highest BCUT2D eigenvalue weighted by Gasteiger charge is 2.32. The van der Waals surface area contributed by atoms with Crippen molar-refractivity contribution < 1.29 is 28.2 Å². The first kappa shape index (κ1) is 22.8. The van der Waals surface area contributed by atoms with E-state index in [1.54, 1.807) is 30.9 Å². The van der Waals surface area contributed by atoms with E-state index < -0.39 is 12.1 Å². The molecule has 3 aromatic rings. The molecule has 0 N–H and O–H groups in total. The van der Waals surface area contributed by atoms with Crippen LogP contribution in [-0.4, -0.2) is 59.3 Å². The third-order valence-corrected chi connectivity index (χ3v) is 5.48. The van der Waals surface area contributed by atoms with Crippen molar-refractivity contribution in [1.82, 2.24) is 14.8 Å². The summed E-state index contributed by atoms with van der Waals surface area (Å²) >= 11 is 0. The average molecular weight is 456 g/mol. The van der Waals surface area contributed by atoms with Crippen molar-refractivity contribution >= 4 is 28.8 Å². The molecule has 0 bridgehead atoms. The van der Waals surface area contributed by atoms with Crippen LogP contribution in [0.1, 0.15) is 43.7 Å². The summed E-state index contributed by atoms with van der Waals surface area (Å²) in [6.07, 6.45) is 7.22. The molecule has 10 heteroatoms. The summed E-state index contributed by atoms with van der Waals surface area (Å²) in [5.41, 5.74) is 2.14. The predicted molar refractivity (Wildman–Crippen MR) is 120 cm³/mol. The third-order valence-electron chi connectivity index (χ3n) is 5.48. The molecule has 0 unspecified atom stereocenters. The minimum Gasteiger partial charge on any atom is -0.460 e. The van der Waals surface area contributed by atoms with Crippen LogP contribution >= 0.6 is 0 Å². The van der Waals surface area contributed by atoms with E-state index in [2.05, 4.69) is 10.1 Å². The molecule has 0 radical (unpaired) electrons. The first-order valence-corrected chi connectivity index (χ1v) is 11.2. The summed E-state index contributed by atoms with van der Waals surface area (Å²) in [5, 5.41) is 4.72. The number of pyridine rings is 1. The number of nitrogens with zero attached hydrogens (tertiary/aromatic N) is 4. The number of fused-ring (bicyclic) bond motifs is 1. The van der Waals surface area contributed by atoms with Gasteiger partial charge in [0.25, 0.3) is 0 Å². The SMILES string of the molecule is CCOC(=O)c1oc2ncc(-c3cnn(C)c3)cc2c1N(CC[C@H]1CCCO1)C(=O)OCC. The molecule has 0 aliphatic carbocycles. The molecule has 1 atom stereocenters. The lowest BCUT2D eigenvalue weighted by Gasteiger charge is -2.23. The van der Waals surface area contributed by atoms with Gasteiger partial charge in [-0.15, -0.1) is 0 Å². The number of rotatable bonds is 8. The van der Waals surface area contributed by atoms with E-state index in [0.29, 0.717) is 25.0 Å². The summed E-state index contributed by atoms with van der Waals surface area (Å²) in [5.74, 6) is -0.747. The molecule has 1 saturated heterocycles. The molecule has 33 heavy (non-hydrogen) atoms. The van der Waals surface area contributed by atoms with Crippen molar-refractivity contribution in [1.29, 1.82) is 0 Å². The highest BCUT2D eigenvalue weighted by atomic mass is 16.6. The fourth-order valence-corrected chi connectivity index (χ4v) is 3.94. The predicted octanol–water partition coefficient (Wildman–Crippen LogP) is 3.94. The minimum absolute atomic E-state index is 0.0511. The van der Waals surface area contributed by atoms with E-state index >= 15 is 0 Å². The molecule has 4 heterocycles. The van der Waals surface area contributed by atoms with Crippen molar-refractivity contribution in [2.45, 2.75) is 39.2 Å². The average Bonchev–Trinajstić information content (AvgIpc) is 3.54. The molecular weight excluding hydrogens is 428 g/mol. The number of esters is 1. The van der Waals surface area contributed by atoms with Crippen molar-refractivity contribution in [3.63, 3.8) is 0 Å². The number of aromatic nitrogens is 3. The normalized spacial score (nSPS) is 15.7. The minimum atomic E-state index is -0.667. The fraction of sp³-hybridized carbons (Fsp3) is 0.478. The molecule has 1 aliphatic heterocycles. The second-order valence-corrected chi connectivity index (χ2v) is 7.75. The molecule has 1 fully saturated rings. The maximum absolute atomic E-state index is 13.0. The molecule has 1 aliphatic rings. The van der Waals surface area contributed by atoms with Gasteiger partial charge < -0.3 is 18.6 Å². The lowest BCUT2D eigenvalue weighted by Crippen LogP contribution is -2.35. The van der Waals surface area contributed by atoms with Gasteiger partial charge >= 0.3 is 12.1 Å². The zero-order valence-corrected chi connectivity index (χ0v) is 19.1. The summed E-state index contributed by atoms with van der Waals surface area (Å²) < 4.78 is 23.7. The highest BCUT2D eigenvalue weighted by Crippen LogP contribution is 2.37. The molecular formula is C23H28N4O6. The van der Waals surface area contributed by atoms with Gasteiger partial charge in [0.2, 0.25) is 11.5 Å². The number of hydrogen-bond donors (Lipinski definition) is 0. The molecule has 176 valence electrons. The van der Waals surface area contributed by atoms with Crippen LogP contribution in [-0.2, 0) is 21.3 Å². The van der Waals surface area contributed by atoms with Crippen LogP contribution in [0, 0.1) is 0 Å². The number of carbonyl (C=O) groups is 2. The largest absolute Gasteiger partial charge is 0.460 e. The van der Waals surface area contributed by atoms with Gasteiger partial charge in [0.05, 0.1) is 30.9 Å². The van der Waals surface area contributed by atoms with Crippen LogP contribution in [0.2, 0.25) is 0 Å². The maximum Gasteiger partial charge on any atom is 0.414 e. The Labute approximate surface area is 191 Å². The van der Waals surface area contributed by atoms with Crippen LogP contribution in [0.3, 0.4) is 0 Å². The van der Waals surface area contributed by atoms with E-state index in [1.807, 2.05) is 19.3 Å². The Morgan fingerprint density at radius 1 is 1.21 bits per heavy atom. The number of hydrogen-bond acceptors (Lipinski definition) is 8. The van der Waals surface area contributed by atoms with Crippen LogP contribution in [0.25, 0.3) is 22.2 Å². The number of furan rings is 1. The van der Waals surface area contributed by atoms with Crippen LogP contribution in [0.5, 0.6) is 0 Å². The quantitative estimate of drug-likeness (QED) is 0.469. The number of aryl methyl sites for hydroxylation is 1. The maximum atomic E-state index is 13.0. The van der Waals surface area contributed by atoms with Gasteiger partial charge in [0.15, 0.2) is 0 Å². The zero-order valence-electron chi connectivity index (χ0n) is 19.1. The lowest BCUT2D eigenvalue weighted by atomic mass is 10.1.